The molecule has 5 nitrogen and oxygen atoms in total. The SMILES string of the molecule is CC1(C)[C@@H](C=C(Cl)Cl)[C@@H]1C(=O)Nc1ccc([N+](=O)[O-])cc1. The van der Waals surface area contributed by atoms with E-state index in [-0.39, 0.29) is 33.3 Å². The Bertz CT molecular complexity index is 607. The average molecular weight is 329 g/mol. The van der Waals surface area contributed by atoms with Gasteiger partial charge in [0.15, 0.2) is 0 Å². The van der Waals surface area contributed by atoms with Crippen LogP contribution in [0.5, 0.6) is 0 Å². The van der Waals surface area contributed by atoms with Crippen molar-refractivity contribution in [1.29, 1.82) is 0 Å². The molecule has 1 aromatic rings. The van der Waals surface area contributed by atoms with Crippen molar-refractivity contribution in [3.8, 4) is 0 Å². The summed E-state index contributed by atoms with van der Waals surface area (Å²) in [5.74, 6) is -0.384. The predicted octanol–water partition coefficient (Wildman–Crippen LogP) is 4.12. The predicted molar refractivity (Wildman–Crippen MR) is 82.3 cm³/mol. The van der Waals surface area contributed by atoms with Crippen molar-refractivity contribution >= 4 is 40.5 Å². The second kappa shape index (κ2) is 5.66. The van der Waals surface area contributed by atoms with Crippen LogP contribution in [-0.4, -0.2) is 10.8 Å². The second-order valence-corrected chi connectivity index (χ2v) is 6.58. The maximum atomic E-state index is 12.2. The highest BCUT2D eigenvalue weighted by Gasteiger charge is 2.60. The van der Waals surface area contributed by atoms with E-state index in [9.17, 15) is 14.9 Å². The Hall–Kier alpha value is -1.59. The molecule has 0 radical (unpaired) electrons. The zero-order valence-electron chi connectivity index (χ0n) is 11.5. The number of hydrogen-bond acceptors (Lipinski definition) is 3. The van der Waals surface area contributed by atoms with E-state index in [4.69, 9.17) is 23.2 Å². The van der Waals surface area contributed by atoms with Crippen LogP contribution < -0.4 is 5.32 Å². The molecule has 0 heterocycles. The van der Waals surface area contributed by atoms with Gasteiger partial charge in [0.05, 0.1) is 10.8 Å². The third kappa shape index (κ3) is 3.36. The lowest BCUT2D eigenvalue weighted by Crippen LogP contribution is -2.16. The van der Waals surface area contributed by atoms with Crippen LogP contribution in [0, 0.1) is 27.4 Å². The first-order valence-corrected chi connectivity index (χ1v) is 7.07. The summed E-state index contributed by atoms with van der Waals surface area (Å²) in [7, 11) is 0. The van der Waals surface area contributed by atoms with E-state index in [1.807, 2.05) is 13.8 Å². The molecule has 1 aliphatic carbocycles. The minimum atomic E-state index is -0.487. The summed E-state index contributed by atoms with van der Waals surface area (Å²) in [6.07, 6.45) is 1.67. The first-order chi connectivity index (χ1) is 9.73. The van der Waals surface area contributed by atoms with E-state index in [1.54, 1.807) is 6.08 Å². The summed E-state index contributed by atoms with van der Waals surface area (Å²) >= 11 is 11.3. The van der Waals surface area contributed by atoms with Crippen LogP contribution >= 0.6 is 23.2 Å². The summed E-state index contributed by atoms with van der Waals surface area (Å²) in [6.45, 7) is 3.93. The van der Waals surface area contributed by atoms with Gasteiger partial charge in [-0.1, -0.05) is 37.0 Å². The Morgan fingerprint density at radius 2 is 1.90 bits per heavy atom. The quantitative estimate of drug-likeness (QED) is 0.667. The molecule has 7 heteroatoms. The molecule has 2 atom stereocenters. The third-order valence-corrected chi connectivity index (χ3v) is 4.10. The molecule has 0 bridgehead atoms. The van der Waals surface area contributed by atoms with Crippen molar-refractivity contribution in [2.45, 2.75) is 13.8 Å². The molecule has 0 aromatic heterocycles. The lowest BCUT2D eigenvalue weighted by atomic mass is 10.1. The molecule has 1 N–H and O–H groups in total. The van der Waals surface area contributed by atoms with Gasteiger partial charge in [-0.15, -0.1) is 0 Å². The van der Waals surface area contributed by atoms with Crippen molar-refractivity contribution in [3.05, 3.63) is 44.9 Å². The Kier molecular flexibility index (Phi) is 4.25. The standard InChI is InChI=1S/C14H14Cl2N2O3/c1-14(2)10(7-11(15)16)12(14)13(19)17-8-3-5-9(6-4-8)18(20)21/h3-7,10,12H,1-2H3,(H,17,19)/t10-,12+/m0/s1. The van der Waals surface area contributed by atoms with Gasteiger partial charge in [-0.3, -0.25) is 14.9 Å². The first-order valence-electron chi connectivity index (χ1n) is 6.31. The van der Waals surface area contributed by atoms with Crippen LogP contribution in [0.4, 0.5) is 11.4 Å². The van der Waals surface area contributed by atoms with Crippen molar-refractivity contribution in [2.75, 3.05) is 5.32 Å². The first kappa shape index (κ1) is 15.8. The van der Waals surface area contributed by atoms with Crippen molar-refractivity contribution in [2.24, 2.45) is 17.3 Å². The number of rotatable bonds is 4. The monoisotopic (exact) mass is 328 g/mol. The van der Waals surface area contributed by atoms with Crippen molar-refractivity contribution in [1.82, 2.24) is 0 Å². The molecule has 1 aliphatic rings. The zero-order valence-corrected chi connectivity index (χ0v) is 13.0. The van der Waals surface area contributed by atoms with Gasteiger partial charge < -0.3 is 5.32 Å². The summed E-state index contributed by atoms with van der Waals surface area (Å²) in [4.78, 5) is 22.3. The summed E-state index contributed by atoms with van der Waals surface area (Å²) in [6, 6.07) is 5.71. The number of carbonyl (C=O) groups is 1. The molecule has 1 aromatic carbocycles. The number of halogens is 2. The van der Waals surface area contributed by atoms with E-state index in [2.05, 4.69) is 5.32 Å². The Labute approximate surface area is 132 Å². The number of nitro groups is 1. The molecule has 112 valence electrons. The van der Waals surface area contributed by atoms with Gasteiger partial charge in [0.2, 0.25) is 5.91 Å². The van der Waals surface area contributed by atoms with Gasteiger partial charge in [0, 0.05) is 17.8 Å². The van der Waals surface area contributed by atoms with Crippen LogP contribution in [0.2, 0.25) is 0 Å². The maximum Gasteiger partial charge on any atom is 0.269 e. The highest BCUT2D eigenvalue weighted by Crippen LogP contribution is 2.60. The Balaban J connectivity index is 2.05. The second-order valence-electron chi connectivity index (χ2n) is 5.57. The topological polar surface area (TPSA) is 72.2 Å². The van der Waals surface area contributed by atoms with Gasteiger partial charge in [-0.05, 0) is 29.5 Å². The fraction of sp³-hybridized carbons (Fsp3) is 0.357. The van der Waals surface area contributed by atoms with Gasteiger partial charge in [-0.25, -0.2) is 0 Å². The smallest absolute Gasteiger partial charge is 0.269 e. The lowest BCUT2D eigenvalue weighted by Gasteiger charge is -2.05. The molecule has 0 aliphatic heterocycles. The van der Waals surface area contributed by atoms with E-state index in [0.29, 0.717) is 5.69 Å². The van der Waals surface area contributed by atoms with Crippen LogP contribution in [0.25, 0.3) is 0 Å². The molecule has 1 amide bonds. The van der Waals surface area contributed by atoms with Crippen LogP contribution in [0.15, 0.2) is 34.8 Å². The minimum absolute atomic E-state index is 0.0134. The molecule has 0 spiro atoms. The number of benzene rings is 1. The fourth-order valence-corrected chi connectivity index (χ4v) is 2.78. The summed E-state index contributed by atoms with van der Waals surface area (Å²) < 4.78 is 0.152. The molecule has 0 unspecified atom stereocenters. The molecular weight excluding hydrogens is 315 g/mol. The van der Waals surface area contributed by atoms with Gasteiger partial charge in [-0.2, -0.15) is 0 Å². The highest BCUT2D eigenvalue weighted by atomic mass is 35.5. The zero-order chi connectivity index (χ0) is 15.8. The molecule has 1 saturated carbocycles. The number of nitrogens with zero attached hydrogens (tertiary/aromatic N) is 1. The largest absolute Gasteiger partial charge is 0.326 e. The summed E-state index contributed by atoms with van der Waals surface area (Å²) in [5, 5.41) is 13.3. The number of nitrogens with one attached hydrogen (secondary N) is 1. The summed E-state index contributed by atoms with van der Waals surface area (Å²) in [5.41, 5.74) is 0.294. The molecular formula is C14H14Cl2N2O3. The number of hydrogen-bond donors (Lipinski definition) is 1. The number of anilines is 1. The van der Waals surface area contributed by atoms with Crippen molar-refractivity contribution in [3.63, 3.8) is 0 Å². The molecule has 21 heavy (non-hydrogen) atoms. The van der Waals surface area contributed by atoms with Gasteiger partial charge >= 0.3 is 0 Å². The molecule has 2 rings (SSSR count). The van der Waals surface area contributed by atoms with E-state index in [1.165, 1.54) is 24.3 Å². The van der Waals surface area contributed by atoms with Crippen LogP contribution in [-0.2, 0) is 4.79 Å². The minimum Gasteiger partial charge on any atom is -0.326 e. The van der Waals surface area contributed by atoms with E-state index >= 15 is 0 Å². The van der Waals surface area contributed by atoms with Crippen LogP contribution in [0.3, 0.4) is 0 Å². The molecule has 1 fully saturated rings. The van der Waals surface area contributed by atoms with Crippen LogP contribution in [0.1, 0.15) is 13.8 Å². The van der Waals surface area contributed by atoms with Gasteiger partial charge in [0.1, 0.15) is 4.49 Å². The normalized spacial score (nSPS) is 22.3. The average Bonchev–Trinajstić information content (AvgIpc) is 2.90. The third-order valence-electron chi connectivity index (χ3n) is 3.84. The number of carbonyl (C=O) groups excluding carboxylic acids is 1. The fourth-order valence-electron chi connectivity index (χ4n) is 2.51. The number of nitro benzene ring substituents is 1. The Morgan fingerprint density at radius 1 is 1.33 bits per heavy atom. The molecule has 0 saturated heterocycles. The van der Waals surface area contributed by atoms with Gasteiger partial charge in [0.25, 0.3) is 5.69 Å². The van der Waals surface area contributed by atoms with E-state index in [0.717, 1.165) is 0 Å². The number of non-ortho nitro benzene ring substituents is 1. The van der Waals surface area contributed by atoms with Crippen molar-refractivity contribution < 1.29 is 9.72 Å². The number of amides is 1. The maximum absolute atomic E-state index is 12.2. The Morgan fingerprint density at radius 3 is 2.38 bits per heavy atom. The lowest BCUT2D eigenvalue weighted by molar-refractivity contribution is -0.384. The number of allylic oxidation sites excluding steroid dienone is 1. The highest BCUT2D eigenvalue weighted by molar-refractivity contribution is 6.55. The van der Waals surface area contributed by atoms with E-state index < -0.39 is 4.92 Å².